The van der Waals surface area contributed by atoms with Crippen molar-refractivity contribution in [3.05, 3.63) is 48.0 Å². The minimum absolute atomic E-state index is 0.202. The Balaban J connectivity index is 1.78. The second-order valence-electron chi connectivity index (χ2n) is 5.38. The highest BCUT2D eigenvalue weighted by atomic mass is 16.5. The van der Waals surface area contributed by atoms with Crippen LogP contribution in [-0.2, 0) is 0 Å². The summed E-state index contributed by atoms with van der Waals surface area (Å²) < 4.78 is 16.1. The van der Waals surface area contributed by atoms with Crippen LogP contribution in [0.5, 0.6) is 17.2 Å². The zero-order chi connectivity index (χ0) is 18.1. The van der Waals surface area contributed by atoms with Crippen LogP contribution >= 0.6 is 0 Å². The maximum Gasteiger partial charge on any atom is 0.251 e. The Morgan fingerprint density at radius 2 is 1.76 bits per heavy atom. The fraction of sp³-hybridized carbons (Fsp3) is 0.316. The van der Waals surface area contributed by atoms with Crippen molar-refractivity contribution in [2.45, 2.75) is 13.3 Å². The van der Waals surface area contributed by atoms with Crippen LogP contribution in [0.25, 0.3) is 0 Å². The van der Waals surface area contributed by atoms with Gasteiger partial charge in [-0.2, -0.15) is 0 Å². The van der Waals surface area contributed by atoms with Crippen LogP contribution in [0, 0.1) is 0 Å². The highest BCUT2D eigenvalue weighted by Gasteiger charge is 2.08. The van der Waals surface area contributed by atoms with E-state index in [2.05, 4.69) is 5.32 Å². The van der Waals surface area contributed by atoms with Crippen LogP contribution in [0.15, 0.2) is 42.5 Å². The smallest absolute Gasteiger partial charge is 0.251 e. The van der Waals surface area contributed by atoms with Crippen molar-refractivity contribution in [1.29, 1.82) is 0 Å². The highest BCUT2D eigenvalue weighted by Crippen LogP contribution is 2.22. The van der Waals surface area contributed by atoms with E-state index in [1.54, 1.807) is 25.3 Å². The summed E-state index contributed by atoms with van der Waals surface area (Å²) >= 11 is 0. The van der Waals surface area contributed by atoms with Crippen molar-refractivity contribution >= 4 is 11.6 Å². The number of ether oxygens (including phenoxy) is 3. The Hall–Kier alpha value is -2.89. The van der Waals surface area contributed by atoms with Gasteiger partial charge >= 0.3 is 0 Å². The van der Waals surface area contributed by atoms with E-state index in [-0.39, 0.29) is 5.91 Å². The first kappa shape index (κ1) is 18.4. The second-order valence-corrected chi connectivity index (χ2v) is 5.38. The summed E-state index contributed by atoms with van der Waals surface area (Å²) in [6.07, 6.45) is 0.899. The van der Waals surface area contributed by atoms with Crippen molar-refractivity contribution in [3.8, 4) is 17.2 Å². The van der Waals surface area contributed by atoms with Gasteiger partial charge in [-0.3, -0.25) is 4.79 Å². The third-order valence-corrected chi connectivity index (χ3v) is 3.45. The summed E-state index contributed by atoms with van der Waals surface area (Å²) in [5, 5.41) is 2.80. The van der Waals surface area contributed by atoms with Crippen molar-refractivity contribution < 1.29 is 19.0 Å². The van der Waals surface area contributed by atoms with E-state index in [1.165, 1.54) is 0 Å². The van der Waals surface area contributed by atoms with Crippen molar-refractivity contribution in [2.24, 2.45) is 0 Å². The molecule has 0 saturated carbocycles. The molecule has 0 aromatic heterocycles. The third-order valence-electron chi connectivity index (χ3n) is 3.45. The molecule has 0 fully saturated rings. The average molecular weight is 344 g/mol. The van der Waals surface area contributed by atoms with Crippen LogP contribution in [0.2, 0.25) is 0 Å². The van der Waals surface area contributed by atoms with Gasteiger partial charge in [0.15, 0.2) is 0 Å². The predicted molar refractivity (Wildman–Crippen MR) is 97.5 cm³/mol. The lowest BCUT2D eigenvalue weighted by Gasteiger charge is -2.11. The van der Waals surface area contributed by atoms with E-state index in [1.807, 2.05) is 31.2 Å². The van der Waals surface area contributed by atoms with Gasteiger partial charge in [0.2, 0.25) is 0 Å². The summed E-state index contributed by atoms with van der Waals surface area (Å²) in [5.74, 6) is 1.88. The Morgan fingerprint density at radius 3 is 2.40 bits per heavy atom. The van der Waals surface area contributed by atoms with Crippen LogP contribution < -0.4 is 25.3 Å². The van der Waals surface area contributed by atoms with Gasteiger partial charge in [0.25, 0.3) is 5.91 Å². The number of nitrogens with two attached hydrogens (primary N) is 1. The maximum absolute atomic E-state index is 12.1. The van der Waals surface area contributed by atoms with E-state index in [0.717, 1.165) is 17.9 Å². The molecule has 0 aliphatic rings. The molecule has 0 aliphatic heterocycles. The molecule has 2 aromatic carbocycles. The molecule has 0 spiro atoms. The number of hydrogen-bond donors (Lipinski definition) is 2. The molecule has 25 heavy (non-hydrogen) atoms. The average Bonchev–Trinajstić information content (AvgIpc) is 2.64. The van der Waals surface area contributed by atoms with Crippen LogP contribution in [0.1, 0.15) is 23.7 Å². The lowest BCUT2D eigenvalue weighted by molar-refractivity contribution is 0.0947. The van der Waals surface area contributed by atoms with Gasteiger partial charge < -0.3 is 25.3 Å². The number of hydrogen-bond acceptors (Lipinski definition) is 5. The van der Waals surface area contributed by atoms with Gasteiger partial charge in [-0.05, 0) is 48.9 Å². The quantitative estimate of drug-likeness (QED) is 0.540. The van der Waals surface area contributed by atoms with Gasteiger partial charge in [0.05, 0.1) is 25.9 Å². The molecule has 0 saturated heterocycles. The van der Waals surface area contributed by atoms with Gasteiger partial charge in [-0.15, -0.1) is 0 Å². The standard InChI is InChI=1S/C19H24N2O4/c1-3-11-25-18-9-4-14(13-17(18)20)19(22)21-10-12-24-16-7-5-15(23-2)6-8-16/h4-9,13H,3,10-12,20H2,1-2H3,(H,21,22). The third kappa shape index (κ3) is 5.60. The maximum atomic E-state index is 12.1. The normalized spacial score (nSPS) is 10.2. The fourth-order valence-corrected chi connectivity index (χ4v) is 2.14. The molecule has 0 unspecified atom stereocenters. The first-order chi connectivity index (χ1) is 12.1. The second kappa shape index (κ2) is 9.42. The molecule has 0 aliphatic carbocycles. The lowest BCUT2D eigenvalue weighted by atomic mass is 10.1. The lowest BCUT2D eigenvalue weighted by Crippen LogP contribution is -2.28. The highest BCUT2D eigenvalue weighted by molar-refractivity contribution is 5.95. The van der Waals surface area contributed by atoms with E-state index in [9.17, 15) is 4.79 Å². The van der Waals surface area contributed by atoms with Gasteiger partial charge in [-0.25, -0.2) is 0 Å². The Bertz CT molecular complexity index is 686. The first-order valence-electron chi connectivity index (χ1n) is 8.21. The summed E-state index contributed by atoms with van der Waals surface area (Å²) in [6.45, 7) is 3.37. The molecule has 2 rings (SSSR count). The summed E-state index contributed by atoms with van der Waals surface area (Å²) in [5.41, 5.74) is 6.86. The molecule has 0 bridgehead atoms. The number of benzene rings is 2. The minimum atomic E-state index is -0.202. The predicted octanol–water partition coefficient (Wildman–Crippen LogP) is 2.88. The van der Waals surface area contributed by atoms with E-state index < -0.39 is 0 Å². The molecule has 0 radical (unpaired) electrons. The number of nitrogens with one attached hydrogen (secondary N) is 1. The number of carbonyl (C=O) groups excluding carboxylic acids is 1. The Kier molecular flexibility index (Phi) is 6.95. The SMILES string of the molecule is CCCOc1ccc(C(=O)NCCOc2ccc(OC)cc2)cc1N. The van der Waals surface area contributed by atoms with Crippen molar-refractivity contribution in [1.82, 2.24) is 5.32 Å². The van der Waals surface area contributed by atoms with Gasteiger partial charge in [0, 0.05) is 5.56 Å². The number of anilines is 1. The first-order valence-corrected chi connectivity index (χ1v) is 8.21. The van der Waals surface area contributed by atoms with E-state index in [4.69, 9.17) is 19.9 Å². The van der Waals surface area contributed by atoms with E-state index in [0.29, 0.717) is 36.8 Å². The molecule has 0 atom stereocenters. The number of rotatable bonds is 9. The molecule has 0 heterocycles. The number of nitrogen functional groups attached to an aromatic ring is 1. The molecule has 3 N–H and O–H groups in total. The van der Waals surface area contributed by atoms with Crippen LogP contribution in [0.3, 0.4) is 0 Å². The number of amides is 1. The molecule has 6 nitrogen and oxygen atoms in total. The molecule has 6 heteroatoms. The summed E-state index contributed by atoms with van der Waals surface area (Å²) in [4.78, 5) is 12.1. The summed E-state index contributed by atoms with van der Waals surface area (Å²) in [6, 6.07) is 12.3. The van der Waals surface area contributed by atoms with Gasteiger partial charge in [-0.1, -0.05) is 6.92 Å². The molecular weight excluding hydrogens is 320 g/mol. The fourth-order valence-electron chi connectivity index (χ4n) is 2.14. The van der Waals surface area contributed by atoms with Crippen LogP contribution in [-0.4, -0.2) is 32.8 Å². The Labute approximate surface area is 147 Å². The molecule has 134 valence electrons. The topological polar surface area (TPSA) is 82.8 Å². The summed E-state index contributed by atoms with van der Waals surface area (Å²) in [7, 11) is 1.61. The zero-order valence-corrected chi connectivity index (χ0v) is 14.6. The number of carbonyl (C=O) groups is 1. The molecule has 1 amide bonds. The molecule has 2 aromatic rings. The Morgan fingerprint density at radius 1 is 1.04 bits per heavy atom. The van der Waals surface area contributed by atoms with Gasteiger partial charge in [0.1, 0.15) is 23.9 Å². The minimum Gasteiger partial charge on any atom is -0.497 e. The molecular formula is C19H24N2O4. The number of methoxy groups -OCH3 is 1. The van der Waals surface area contributed by atoms with Crippen molar-refractivity contribution in [2.75, 3.05) is 32.6 Å². The largest absolute Gasteiger partial charge is 0.497 e. The van der Waals surface area contributed by atoms with E-state index >= 15 is 0 Å². The van der Waals surface area contributed by atoms with Crippen LogP contribution in [0.4, 0.5) is 5.69 Å². The van der Waals surface area contributed by atoms with Crippen molar-refractivity contribution in [3.63, 3.8) is 0 Å². The zero-order valence-electron chi connectivity index (χ0n) is 14.6. The monoisotopic (exact) mass is 344 g/mol.